The van der Waals surface area contributed by atoms with Gasteiger partial charge in [0, 0.05) is 13.5 Å². The molecule has 0 heterocycles. The molecule has 1 atom stereocenters. The highest BCUT2D eigenvalue weighted by Crippen LogP contribution is 2.23. The molecule has 0 saturated carbocycles. The highest BCUT2D eigenvalue weighted by atomic mass is 16.5. The topological polar surface area (TPSA) is 125 Å². The lowest BCUT2D eigenvalue weighted by atomic mass is 10.0. The maximum atomic E-state index is 11.9. The van der Waals surface area contributed by atoms with Crippen molar-refractivity contribution in [2.45, 2.75) is 19.1 Å². The predicted molar refractivity (Wildman–Crippen MR) is 96.4 cm³/mol. The fourth-order valence-electron chi connectivity index (χ4n) is 2.40. The first-order chi connectivity index (χ1) is 12.9. The normalized spacial score (nSPS) is 11.3. The Morgan fingerprint density at radius 2 is 1.78 bits per heavy atom. The van der Waals surface area contributed by atoms with E-state index in [0.717, 1.165) is 5.56 Å². The minimum absolute atomic E-state index is 0.00355. The Morgan fingerprint density at radius 1 is 1.07 bits per heavy atom. The molecule has 2 aromatic carbocycles. The number of para-hydroxylation sites is 1. The maximum absolute atomic E-state index is 11.9. The molecular weight excluding hydrogens is 352 g/mol. The molecule has 2 rings (SSSR count). The third-order valence-corrected chi connectivity index (χ3v) is 3.82. The molecule has 1 unspecified atom stereocenters. The van der Waals surface area contributed by atoms with Gasteiger partial charge in [0.05, 0.1) is 5.56 Å². The summed E-state index contributed by atoms with van der Waals surface area (Å²) in [5.74, 6) is -2.13. The Bertz CT molecular complexity index is 822. The van der Waals surface area contributed by atoms with E-state index >= 15 is 0 Å². The molecule has 0 saturated heterocycles. The average molecular weight is 372 g/mol. The van der Waals surface area contributed by atoms with Gasteiger partial charge in [-0.25, -0.2) is 9.59 Å². The van der Waals surface area contributed by atoms with Crippen LogP contribution in [-0.4, -0.2) is 41.3 Å². The smallest absolute Gasteiger partial charge is 0.408 e. The van der Waals surface area contributed by atoms with Crippen molar-refractivity contribution in [2.75, 3.05) is 7.05 Å². The zero-order chi connectivity index (χ0) is 19.8. The zero-order valence-corrected chi connectivity index (χ0v) is 14.6. The van der Waals surface area contributed by atoms with Crippen LogP contribution in [0.15, 0.2) is 48.5 Å². The van der Waals surface area contributed by atoms with Crippen LogP contribution in [0.1, 0.15) is 21.5 Å². The van der Waals surface area contributed by atoms with Crippen molar-refractivity contribution in [2.24, 2.45) is 0 Å². The lowest BCUT2D eigenvalue weighted by Crippen LogP contribution is -2.42. The van der Waals surface area contributed by atoms with Gasteiger partial charge in [0.15, 0.2) is 0 Å². The Kier molecular flexibility index (Phi) is 6.76. The van der Waals surface area contributed by atoms with E-state index in [0.29, 0.717) is 0 Å². The third-order valence-electron chi connectivity index (χ3n) is 3.82. The number of hydrogen-bond acceptors (Lipinski definition) is 5. The first-order valence-corrected chi connectivity index (χ1v) is 8.15. The van der Waals surface area contributed by atoms with E-state index in [1.807, 2.05) is 6.07 Å². The second kappa shape index (κ2) is 9.23. The molecule has 4 N–H and O–H groups in total. The third kappa shape index (κ3) is 5.46. The second-order valence-corrected chi connectivity index (χ2v) is 5.69. The SMILES string of the molecule is CNC(=O)c1cccc(CC(NC(=O)OCc2ccccc2)C(=O)O)c1O. The number of carboxylic acid groups (broad SMARTS) is 1. The van der Waals surface area contributed by atoms with Crippen molar-refractivity contribution >= 4 is 18.0 Å². The number of phenolic OH excluding ortho intramolecular Hbond substituents is 1. The highest BCUT2D eigenvalue weighted by molar-refractivity contribution is 5.97. The molecule has 8 heteroatoms. The summed E-state index contributed by atoms with van der Waals surface area (Å²) in [6.45, 7) is -0.00355. The molecule has 0 aliphatic carbocycles. The first-order valence-electron chi connectivity index (χ1n) is 8.15. The van der Waals surface area contributed by atoms with Gasteiger partial charge in [0.25, 0.3) is 5.91 Å². The number of alkyl carbamates (subject to hydrolysis) is 1. The number of rotatable bonds is 7. The van der Waals surface area contributed by atoms with Crippen molar-refractivity contribution in [3.63, 3.8) is 0 Å². The molecule has 2 aromatic rings. The standard InChI is InChI=1S/C19H20N2O6/c1-20-17(23)14-9-5-8-13(16(14)22)10-15(18(24)25)21-19(26)27-11-12-6-3-2-4-7-12/h2-9,15,22H,10-11H2,1H3,(H,20,23)(H,21,26)(H,24,25). The zero-order valence-electron chi connectivity index (χ0n) is 14.6. The quantitative estimate of drug-likeness (QED) is 0.586. The minimum atomic E-state index is -1.33. The van der Waals surface area contributed by atoms with Crippen LogP contribution in [-0.2, 0) is 22.6 Å². The number of aromatic hydroxyl groups is 1. The number of aliphatic carboxylic acids is 1. The Hall–Kier alpha value is -3.55. The van der Waals surface area contributed by atoms with Gasteiger partial charge in [0.1, 0.15) is 18.4 Å². The van der Waals surface area contributed by atoms with Crippen molar-refractivity contribution in [1.82, 2.24) is 10.6 Å². The average Bonchev–Trinajstić information content (AvgIpc) is 2.67. The number of carbonyl (C=O) groups excluding carboxylic acids is 2. The van der Waals surface area contributed by atoms with Crippen molar-refractivity contribution in [1.29, 1.82) is 0 Å². The van der Waals surface area contributed by atoms with Gasteiger partial charge in [0.2, 0.25) is 0 Å². The molecule has 0 fully saturated rings. The van der Waals surface area contributed by atoms with Gasteiger partial charge >= 0.3 is 12.1 Å². The number of amides is 2. The van der Waals surface area contributed by atoms with Gasteiger partial charge < -0.3 is 25.6 Å². The molecular formula is C19H20N2O6. The van der Waals surface area contributed by atoms with Crippen LogP contribution in [0.25, 0.3) is 0 Å². The van der Waals surface area contributed by atoms with Crippen molar-refractivity contribution < 1.29 is 29.3 Å². The molecule has 8 nitrogen and oxygen atoms in total. The van der Waals surface area contributed by atoms with E-state index in [-0.39, 0.29) is 29.9 Å². The summed E-state index contributed by atoms with van der Waals surface area (Å²) >= 11 is 0. The molecule has 0 spiro atoms. The summed E-state index contributed by atoms with van der Waals surface area (Å²) in [6.07, 6.45) is -1.11. The molecule has 0 aromatic heterocycles. The maximum Gasteiger partial charge on any atom is 0.408 e. The van der Waals surface area contributed by atoms with Crippen LogP contribution < -0.4 is 10.6 Å². The van der Waals surface area contributed by atoms with Crippen LogP contribution in [0.4, 0.5) is 4.79 Å². The second-order valence-electron chi connectivity index (χ2n) is 5.69. The minimum Gasteiger partial charge on any atom is -0.507 e. The number of ether oxygens (including phenoxy) is 1. The predicted octanol–water partition coefficient (Wildman–Crippen LogP) is 1.67. The highest BCUT2D eigenvalue weighted by Gasteiger charge is 2.24. The van der Waals surface area contributed by atoms with E-state index < -0.39 is 24.0 Å². The number of nitrogens with one attached hydrogen (secondary N) is 2. The molecule has 0 aliphatic heterocycles. The van der Waals surface area contributed by atoms with Crippen LogP contribution in [0.5, 0.6) is 5.75 Å². The van der Waals surface area contributed by atoms with Gasteiger partial charge in [-0.15, -0.1) is 0 Å². The fraction of sp³-hybridized carbons (Fsp3) is 0.211. The van der Waals surface area contributed by atoms with E-state index in [9.17, 15) is 24.6 Å². The van der Waals surface area contributed by atoms with Crippen LogP contribution in [0.2, 0.25) is 0 Å². The Balaban J connectivity index is 2.04. The Labute approximate surface area is 155 Å². The fourth-order valence-corrected chi connectivity index (χ4v) is 2.40. The largest absolute Gasteiger partial charge is 0.507 e. The molecule has 27 heavy (non-hydrogen) atoms. The summed E-state index contributed by atoms with van der Waals surface area (Å²) in [6, 6.07) is 12.0. The summed E-state index contributed by atoms with van der Waals surface area (Å²) in [5, 5.41) is 24.2. The number of phenols is 1. The van der Waals surface area contributed by atoms with Gasteiger partial charge in [-0.3, -0.25) is 4.79 Å². The first kappa shape index (κ1) is 19.8. The number of hydrogen-bond donors (Lipinski definition) is 4. The summed E-state index contributed by atoms with van der Waals surface area (Å²) in [7, 11) is 1.42. The lowest BCUT2D eigenvalue weighted by molar-refractivity contribution is -0.139. The molecule has 0 bridgehead atoms. The lowest BCUT2D eigenvalue weighted by Gasteiger charge is -2.16. The molecule has 142 valence electrons. The van der Waals surface area contributed by atoms with Crippen molar-refractivity contribution in [3.05, 3.63) is 65.2 Å². The number of carbonyl (C=O) groups is 3. The monoisotopic (exact) mass is 372 g/mol. The summed E-state index contributed by atoms with van der Waals surface area (Å²) in [4.78, 5) is 35.1. The molecule has 2 amide bonds. The van der Waals surface area contributed by atoms with Crippen LogP contribution in [0.3, 0.4) is 0 Å². The molecule has 0 radical (unpaired) electrons. The van der Waals surface area contributed by atoms with Gasteiger partial charge in [-0.2, -0.15) is 0 Å². The van der Waals surface area contributed by atoms with Crippen molar-refractivity contribution in [3.8, 4) is 5.75 Å². The van der Waals surface area contributed by atoms with Crippen LogP contribution in [0, 0.1) is 0 Å². The van der Waals surface area contributed by atoms with E-state index in [1.54, 1.807) is 24.3 Å². The number of benzene rings is 2. The van der Waals surface area contributed by atoms with E-state index in [2.05, 4.69) is 10.6 Å². The van der Waals surface area contributed by atoms with E-state index in [1.165, 1.54) is 25.2 Å². The number of carboxylic acids is 1. The van der Waals surface area contributed by atoms with E-state index in [4.69, 9.17) is 4.74 Å². The van der Waals surface area contributed by atoms with Gasteiger partial charge in [-0.05, 0) is 17.2 Å². The van der Waals surface area contributed by atoms with Gasteiger partial charge in [-0.1, -0.05) is 42.5 Å². The Morgan fingerprint density at radius 3 is 2.41 bits per heavy atom. The summed E-state index contributed by atoms with van der Waals surface area (Å²) in [5.41, 5.74) is 0.994. The summed E-state index contributed by atoms with van der Waals surface area (Å²) < 4.78 is 5.02. The van der Waals surface area contributed by atoms with Crippen LogP contribution >= 0.6 is 0 Å². The molecule has 0 aliphatic rings.